The maximum atomic E-state index is 14.2. The van der Waals surface area contributed by atoms with Crippen LogP contribution in [-0.4, -0.2) is 66.4 Å². The molecule has 1 heterocycles. The molecule has 2 amide bonds. The molecule has 0 fully saturated rings. The molecule has 11 heteroatoms. The van der Waals surface area contributed by atoms with Crippen LogP contribution in [0, 0.1) is 0 Å². The van der Waals surface area contributed by atoms with Gasteiger partial charge in [-0.1, -0.05) is 17.7 Å². The van der Waals surface area contributed by atoms with Gasteiger partial charge in [-0.3, -0.25) is 9.59 Å². The molecule has 4 rings (SSSR count). The van der Waals surface area contributed by atoms with Crippen molar-refractivity contribution in [1.82, 2.24) is 4.90 Å². The summed E-state index contributed by atoms with van der Waals surface area (Å²) < 4.78 is 32.6. The minimum atomic E-state index is -0.888. The highest BCUT2D eigenvalue weighted by atomic mass is 35.5. The Kier molecular flexibility index (Phi) is 8.49. The molecule has 0 spiro atoms. The summed E-state index contributed by atoms with van der Waals surface area (Å²) in [7, 11) is 10.6. The van der Waals surface area contributed by atoms with E-state index in [9.17, 15) is 9.59 Å². The van der Waals surface area contributed by atoms with Crippen LogP contribution in [-0.2, 0) is 4.79 Å². The van der Waals surface area contributed by atoms with Crippen LogP contribution in [0.1, 0.15) is 33.4 Å². The third-order valence-electron chi connectivity index (χ3n) is 6.94. The van der Waals surface area contributed by atoms with Gasteiger partial charge in [0.15, 0.2) is 23.0 Å². The number of likely N-dealkylation sites (N-methyl/N-ethyl adjacent to an activating group) is 1. The number of ether oxygens (including phenoxy) is 6. The van der Waals surface area contributed by atoms with Crippen LogP contribution < -0.4 is 33.7 Å². The molecule has 0 radical (unpaired) electrons. The molecule has 10 nitrogen and oxygen atoms in total. The fourth-order valence-electron chi connectivity index (χ4n) is 4.95. The third kappa shape index (κ3) is 5.02. The summed E-state index contributed by atoms with van der Waals surface area (Å²) in [5.74, 6) is 0.888. The number of halogens is 1. The number of carbonyl (C=O) groups is 2. The number of anilines is 1. The van der Waals surface area contributed by atoms with E-state index in [1.165, 1.54) is 47.6 Å². The summed E-state index contributed by atoms with van der Waals surface area (Å²) in [5.41, 5.74) is 1.79. The first-order chi connectivity index (χ1) is 19.2. The van der Waals surface area contributed by atoms with Gasteiger partial charge < -0.3 is 38.6 Å². The summed E-state index contributed by atoms with van der Waals surface area (Å²) in [4.78, 5) is 29.4. The number of carbonyl (C=O) groups excluding carboxylic acids is 2. The highest BCUT2D eigenvalue weighted by molar-refractivity contribution is 6.32. The van der Waals surface area contributed by atoms with E-state index in [-0.39, 0.29) is 10.9 Å². The quantitative estimate of drug-likeness (QED) is 0.386. The van der Waals surface area contributed by atoms with Crippen molar-refractivity contribution >= 4 is 29.1 Å². The lowest BCUT2D eigenvalue weighted by atomic mass is 9.79. The maximum absolute atomic E-state index is 14.2. The van der Waals surface area contributed by atoms with Crippen LogP contribution in [0.15, 0.2) is 42.5 Å². The minimum Gasteiger partial charge on any atom is -0.495 e. The molecule has 212 valence electrons. The molecule has 3 aromatic rings. The number of methoxy groups -OCH3 is 6. The second-order valence-corrected chi connectivity index (χ2v) is 9.33. The predicted molar refractivity (Wildman–Crippen MR) is 150 cm³/mol. The van der Waals surface area contributed by atoms with E-state index in [0.29, 0.717) is 56.9 Å². The summed E-state index contributed by atoms with van der Waals surface area (Å²) in [6.45, 7) is 0. The molecule has 1 aliphatic rings. The smallest absolute Gasteiger partial charge is 0.254 e. The van der Waals surface area contributed by atoms with Gasteiger partial charge in [0, 0.05) is 18.7 Å². The Balaban J connectivity index is 1.91. The Morgan fingerprint density at radius 2 is 1.32 bits per heavy atom. The first-order valence-corrected chi connectivity index (χ1v) is 12.6. The van der Waals surface area contributed by atoms with Gasteiger partial charge in [-0.2, -0.15) is 0 Å². The zero-order valence-corrected chi connectivity index (χ0v) is 24.0. The summed E-state index contributed by atoms with van der Waals surface area (Å²) in [6, 6.07) is 10.9. The van der Waals surface area contributed by atoms with Crippen molar-refractivity contribution in [1.29, 1.82) is 0 Å². The lowest BCUT2D eigenvalue weighted by Crippen LogP contribution is -2.44. The van der Waals surface area contributed by atoms with Gasteiger partial charge in [0.2, 0.25) is 5.91 Å². The third-order valence-corrected chi connectivity index (χ3v) is 7.23. The lowest BCUT2D eigenvalue weighted by molar-refractivity contribution is -0.119. The minimum absolute atomic E-state index is 0.287. The van der Waals surface area contributed by atoms with Gasteiger partial charge in [-0.15, -0.1) is 0 Å². The van der Waals surface area contributed by atoms with Crippen molar-refractivity contribution < 1.29 is 38.0 Å². The number of nitrogens with zero attached hydrogens (tertiary/aromatic N) is 1. The predicted octanol–water partition coefficient (Wildman–Crippen LogP) is 4.94. The molecule has 0 aromatic heterocycles. The first kappa shape index (κ1) is 28.7. The molecule has 40 heavy (non-hydrogen) atoms. The van der Waals surface area contributed by atoms with Gasteiger partial charge in [0.05, 0.1) is 65.3 Å². The maximum Gasteiger partial charge on any atom is 0.254 e. The van der Waals surface area contributed by atoms with E-state index in [2.05, 4.69) is 5.32 Å². The Bertz CT molecular complexity index is 1440. The summed E-state index contributed by atoms with van der Waals surface area (Å²) >= 11 is 6.37. The van der Waals surface area contributed by atoms with E-state index in [1.807, 2.05) is 0 Å². The molecule has 1 aliphatic heterocycles. The number of benzene rings is 3. The van der Waals surface area contributed by atoms with Crippen LogP contribution in [0.3, 0.4) is 0 Å². The fraction of sp³-hybridized carbons (Fsp3) is 0.310. The van der Waals surface area contributed by atoms with E-state index in [4.69, 9.17) is 40.0 Å². The Morgan fingerprint density at radius 1 is 0.750 bits per heavy atom. The molecular formula is C29H31ClN2O8. The number of hydrogen-bond donors (Lipinski definition) is 1. The normalized spacial score (nSPS) is 16.1. The Labute approximate surface area is 237 Å². The average Bonchev–Trinajstić information content (AvgIpc) is 2.97. The number of hydrogen-bond acceptors (Lipinski definition) is 8. The van der Waals surface area contributed by atoms with Crippen LogP contribution >= 0.6 is 11.6 Å². The van der Waals surface area contributed by atoms with E-state index >= 15 is 0 Å². The summed E-state index contributed by atoms with van der Waals surface area (Å²) in [5, 5.41) is 3.24. The molecule has 0 aliphatic carbocycles. The zero-order valence-electron chi connectivity index (χ0n) is 23.3. The molecule has 1 N–H and O–H groups in total. The number of nitrogens with one attached hydrogen (secondary N) is 1. The topological polar surface area (TPSA) is 105 Å². The van der Waals surface area contributed by atoms with Gasteiger partial charge in [-0.25, -0.2) is 0 Å². The van der Waals surface area contributed by atoms with Crippen LogP contribution in [0.25, 0.3) is 0 Å². The molecule has 0 saturated heterocycles. The second kappa shape index (κ2) is 11.8. The zero-order chi connectivity index (χ0) is 29.1. The van der Waals surface area contributed by atoms with Gasteiger partial charge in [0.25, 0.3) is 5.91 Å². The molecule has 3 aromatic carbocycles. The van der Waals surface area contributed by atoms with E-state index in [0.717, 1.165) is 0 Å². The van der Waals surface area contributed by atoms with Gasteiger partial charge in [0.1, 0.15) is 11.5 Å². The van der Waals surface area contributed by atoms with Crippen molar-refractivity contribution in [3.05, 3.63) is 64.2 Å². The summed E-state index contributed by atoms with van der Waals surface area (Å²) in [6.07, 6.45) is 0. The average molecular weight is 571 g/mol. The van der Waals surface area contributed by atoms with Crippen molar-refractivity contribution in [2.24, 2.45) is 0 Å². The van der Waals surface area contributed by atoms with Gasteiger partial charge in [-0.05, 0) is 41.5 Å². The number of rotatable bonds is 9. The van der Waals surface area contributed by atoms with E-state index in [1.54, 1.807) is 49.5 Å². The van der Waals surface area contributed by atoms with Crippen LogP contribution in [0.5, 0.6) is 34.5 Å². The van der Waals surface area contributed by atoms with Crippen LogP contribution in [0.2, 0.25) is 5.02 Å². The van der Waals surface area contributed by atoms with Crippen molar-refractivity contribution in [2.75, 3.05) is 55.0 Å². The van der Waals surface area contributed by atoms with Crippen molar-refractivity contribution in [3.63, 3.8) is 0 Å². The highest BCUT2D eigenvalue weighted by Gasteiger charge is 2.44. The Morgan fingerprint density at radius 3 is 1.93 bits per heavy atom. The van der Waals surface area contributed by atoms with Crippen molar-refractivity contribution in [2.45, 2.75) is 12.0 Å². The lowest BCUT2D eigenvalue weighted by Gasteiger charge is -2.40. The van der Waals surface area contributed by atoms with Gasteiger partial charge >= 0.3 is 0 Å². The monoisotopic (exact) mass is 570 g/mol. The SMILES string of the molecule is COc1cc(OC)c(NC(=O)[C@@H]2c3cc(OC)c(OC)cc3C(=O)N(C)[C@H]2c2ccc(OC)c(OC)c2)cc1Cl. The van der Waals surface area contributed by atoms with E-state index < -0.39 is 17.9 Å². The standard InChI is InChI=1S/C29H31ClN2O8/c1-32-27(15-8-9-20(35-2)23(10-15)38-5)26(16-11-24(39-6)25(40-7)12-17(16)29(32)34)28(33)31-19-13-18(30)21(36-3)14-22(19)37-4/h8-14,26-27H,1-7H3,(H,31,33)/t26-,27+/m1/s1. The molecular weight excluding hydrogens is 540 g/mol. The first-order valence-electron chi connectivity index (χ1n) is 12.2. The number of fused-ring (bicyclic) bond motifs is 1. The van der Waals surface area contributed by atoms with Crippen LogP contribution in [0.4, 0.5) is 5.69 Å². The molecule has 0 bridgehead atoms. The Hall–Kier alpha value is -4.31. The van der Waals surface area contributed by atoms with Crippen molar-refractivity contribution in [3.8, 4) is 34.5 Å². The number of amides is 2. The molecule has 0 unspecified atom stereocenters. The second-order valence-electron chi connectivity index (χ2n) is 8.92. The molecule has 0 saturated carbocycles. The fourth-order valence-corrected chi connectivity index (χ4v) is 5.19. The molecule has 2 atom stereocenters. The largest absolute Gasteiger partial charge is 0.495 e. The highest BCUT2D eigenvalue weighted by Crippen LogP contribution is 2.47.